The maximum atomic E-state index is 11.8. The molecule has 0 aliphatic carbocycles. The van der Waals surface area contributed by atoms with Crippen LogP contribution in [0.25, 0.3) is 0 Å². The topological polar surface area (TPSA) is 55.1 Å². The number of amides is 1. The van der Waals surface area contributed by atoms with Crippen molar-refractivity contribution in [2.45, 2.75) is 19.3 Å². The van der Waals surface area contributed by atoms with Crippen LogP contribution in [-0.4, -0.2) is 24.0 Å². The molecule has 2 rings (SSSR count). The molecule has 1 saturated heterocycles. The second-order valence-electron chi connectivity index (χ2n) is 4.78. The fraction of sp³-hybridized carbons (Fsp3) is 0.500. The van der Waals surface area contributed by atoms with Crippen LogP contribution in [0.3, 0.4) is 0 Å². The molecule has 3 nitrogen and oxygen atoms in total. The first-order valence-electron chi connectivity index (χ1n) is 6.43. The number of nitrogens with two attached hydrogens (primary N) is 1. The Morgan fingerprint density at radius 2 is 1.89 bits per heavy atom. The average molecular weight is 301 g/mol. The minimum Gasteiger partial charge on any atom is -0.399 e. The number of carbonyl (C=O) groups is 1. The van der Waals surface area contributed by atoms with Crippen molar-refractivity contribution < 1.29 is 4.79 Å². The number of halogens is 1. The highest BCUT2D eigenvalue weighted by Crippen LogP contribution is 2.21. The monoisotopic (exact) mass is 300 g/mol. The third kappa shape index (κ3) is 5.74. The summed E-state index contributed by atoms with van der Waals surface area (Å²) in [6.07, 6.45) is 2.90. The molecule has 1 aliphatic rings. The number of benzene rings is 1. The third-order valence-electron chi connectivity index (χ3n) is 3.27. The van der Waals surface area contributed by atoms with Crippen LogP contribution in [0.4, 0.5) is 5.69 Å². The van der Waals surface area contributed by atoms with E-state index in [0.717, 1.165) is 17.8 Å². The zero-order chi connectivity index (χ0) is 12.8. The van der Waals surface area contributed by atoms with Crippen LogP contribution in [-0.2, 0) is 11.2 Å². The average Bonchev–Trinajstić information content (AvgIpc) is 2.40. The lowest BCUT2D eigenvalue weighted by molar-refractivity contribution is -0.120. The summed E-state index contributed by atoms with van der Waals surface area (Å²) < 4.78 is 0. The zero-order valence-corrected chi connectivity index (χ0v) is 12.6. The number of nitrogens with one attached hydrogen (secondary N) is 1. The van der Waals surface area contributed by atoms with E-state index in [-0.39, 0.29) is 18.3 Å². The Kier molecular flexibility index (Phi) is 7.10. The molecule has 3 N–H and O–H groups in total. The molecule has 106 valence electrons. The molecular weight excluding hydrogens is 280 g/mol. The van der Waals surface area contributed by atoms with Gasteiger partial charge >= 0.3 is 0 Å². The summed E-state index contributed by atoms with van der Waals surface area (Å²) in [5.41, 5.74) is 7.36. The van der Waals surface area contributed by atoms with Gasteiger partial charge in [-0.2, -0.15) is 11.8 Å². The molecule has 0 unspecified atom stereocenters. The largest absolute Gasteiger partial charge is 0.399 e. The highest BCUT2D eigenvalue weighted by Gasteiger charge is 2.14. The molecule has 0 radical (unpaired) electrons. The molecule has 1 fully saturated rings. The van der Waals surface area contributed by atoms with Crippen LogP contribution in [0.5, 0.6) is 0 Å². The number of carbonyl (C=O) groups excluding carboxylic acids is 1. The number of anilines is 1. The molecule has 0 spiro atoms. The minimum atomic E-state index is 0. The van der Waals surface area contributed by atoms with Crippen LogP contribution >= 0.6 is 24.2 Å². The maximum absolute atomic E-state index is 11.8. The van der Waals surface area contributed by atoms with Gasteiger partial charge in [0, 0.05) is 12.2 Å². The van der Waals surface area contributed by atoms with Gasteiger partial charge in [0.15, 0.2) is 0 Å². The maximum Gasteiger partial charge on any atom is 0.224 e. The van der Waals surface area contributed by atoms with Crippen LogP contribution in [0.15, 0.2) is 24.3 Å². The molecular formula is C14H21ClN2OS. The lowest BCUT2D eigenvalue weighted by atomic mass is 10.0. The molecule has 1 aromatic carbocycles. The van der Waals surface area contributed by atoms with Crippen molar-refractivity contribution in [1.82, 2.24) is 5.32 Å². The first kappa shape index (κ1) is 16.2. The second-order valence-corrected chi connectivity index (χ2v) is 6.00. The van der Waals surface area contributed by atoms with E-state index in [4.69, 9.17) is 5.73 Å². The van der Waals surface area contributed by atoms with Gasteiger partial charge in [-0.25, -0.2) is 0 Å². The van der Waals surface area contributed by atoms with Gasteiger partial charge in [-0.15, -0.1) is 12.4 Å². The molecule has 1 aliphatic heterocycles. The predicted octanol–water partition coefficient (Wildman–Crippen LogP) is 2.49. The van der Waals surface area contributed by atoms with Gasteiger partial charge in [-0.3, -0.25) is 4.79 Å². The number of nitrogen functional groups attached to an aromatic ring is 1. The van der Waals surface area contributed by atoms with Crippen molar-refractivity contribution in [1.29, 1.82) is 0 Å². The molecule has 1 aromatic rings. The van der Waals surface area contributed by atoms with Gasteiger partial charge in [0.1, 0.15) is 0 Å². The summed E-state index contributed by atoms with van der Waals surface area (Å²) in [4.78, 5) is 11.8. The first-order chi connectivity index (χ1) is 8.74. The Hall–Kier alpha value is -0.870. The normalized spacial score (nSPS) is 15.6. The van der Waals surface area contributed by atoms with Crippen LogP contribution in [0.2, 0.25) is 0 Å². The summed E-state index contributed by atoms with van der Waals surface area (Å²) >= 11 is 2.01. The molecule has 1 amide bonds. The molecule has 19 heavy (non-hydrogen) atoms. The number of hydrogen-bond acceptors (Lipinski definition) is 3. The van der Waals surface area contributed by atoms with Gasteiger partial charge in [-0.1, -0.05) is 12.1 Å². The van der Waals surface area contributed by atoms with Crippen molar-refractivity contribution in [2.75, 3.05) is 23.8 Å². The van der Waals surface area contributed by atoms with Crippen molar-refractivity contribution in [3.8, 4) is 0 Å². The predicted molar refractivity (Wildman–Crippen MR) is 84.9 cm³/mol. The fourth-order valence-electron chi connectivity index (χ4n) is 2.09. The van der Waals surface area contributed by atoms with Crippen molar-refractivity contribution in [3.05, 3.63) is 29.8 Å². The van der Waals surface area contributed by atoms with Gasteiger partial charge in [-0.05, 0) is 48.0 Å². The Morgan fingerprint density at radius 1 is 1.26 bits per heavy atom. The van der Waals surface area contributed by atoms with E-state index in [1.54, 1.807) is 0 Å². The summed E-state index contributed by atoms with van der Waals surface area (Å²) in [5.74, 6) is 3.25. The highest BCUT2D eigenvalue weighted by atomic mass is 35.5. The minimum absolute atomic E-state index is 0. The summed E-state index contributed by atoms with van der Waals surface area (Å²) in [5, 5.41) is 3.04. The Balaban J connectivity index is 0.00000180. The van der Waals surface area contributed by atoms with E-state index in [1.165, 1.54) is 24.3 Å². The summed E-state index contributed by atoms with van der Waals surface area (Å²) in [6, 6.07) is 7.49. The smallest absolute Gasteiger partial charge is 0.224 e. The molecule has 0 atom stereocenters. The Morgan fingerprint density at radius 3 is 2.53 bits per heavy atom. The zero-order valence-electron chi connectivity index (χ0n) is 10.9. The highest BCUT2D eigenvalue weighted by molar-refractivity contribution is 7.99. The molecule has 0 aromatic heterocycles. The Bertz CT molecular complexity index is 391. The van der Waals surface area contributed by atoms with Gasteiger partial charge < -0.3 is 11.1 Å². The third-order valence-corrected chi connectivity index (χ3v) is 4.32. The van der Waals surface area contributed by atoms with E-state index in [0.29, 0.717) is 12.3 Å². The number of thioether (sulfide) groups is 1. The lowest BCUT2D eigenvalue weighted by Crippen LogP contribution is -2.32. The van der Waals surface area contributed by atoms with Gasteiger partial charge in [0.05, 0.1) is 6.42 Å². The van der Waals surface area contributed by atoms with Crippen LogP contribution in [0.1, 0.15) is 18.4 Å². The van der Waals surface area contributed by atoms with Crippen molar-refractivity contribution >= 4 is 35.8 Å². The van der Waals surface area contributed by atoms with Crippen LogP contribution < -0.4 is 11.1 Å². The summed E-state index contributed by atoms with van der Waals surface area (Å²) in [6.45, 7) is 0.828. The molecule has 0 bridgehead atoms. The van der Waals surface area contributed by atoms with E-state index in [1.807, 2.05) is 36.0 Å². The lowest BCUT2D eigenvalue weighted by Gasteiger charge is -2.21. The van der Waals surface area contributed by atoms with Crippen LogP contribution in [0, 0.1) is 5.92 Å². The summed E-state index contributed by atoms with van der Waals surface area (Å²) in [7, 11) is 0. The van der Waals surface area contributed by atoms with Crippen molar-refractivity contribution in [2.24, 2.45) is 5.92 Å². The molecule has 5 heteroatoms. The van der Waals surface area contributed by atoms with E-state index in [9.17, 15) is 4.79 Å². The molecule has 0 saturated carbocycles. The van der Waals surface area contributed by atoms with Gasteiger partial charge in [0.2, 0.25) is 5.91 Å². The van der Waals surface area contributed by atoms with Crippen molar-refractivity contribution in [3.63, 3.8) is 0 Å². The molecule has 1 heterocycles. The number of rotatable bonds is 4. The van der Waals surface area contributed by atoms with Gasteiger partial charge in [0.25, 0.3) is 0 Å². The second kappa shape index (κ2) is 8.33. The van der Waals surface area contributed by atoms with E-state index >= 15 is 0 Å². The fourth-order valence-corrected chi connectivity index (χ4v) is 3.30. The quantitative estimate of drug-likeness (QED) is 0.840. The number of hydrogen-bond donors (Lipinski definition) is 2. The van der Waals surface area contributed by atoms with E-state index < -0.39 is 0 Å². The SMILES string of the molecule is Cl.Nc1ccc(CC(=O)NCC2CCSCC2)cc1. The van der Waals surface area contributed by atoms with E-state index in [2.05, 4.69) is 5.32 Å². The standard InChI is InChI=1S/C14H20N2OS.ClH/c15-13-3-1-11(2-4-13)9-14(17)16-10-12-5-7-18-8-6-12;/h1-4,12H,5-10,15H2,(H,16,17);1H. The first-order valence-corrected chi connectivity index (χ1v) is 7.58. The Labute approximate surface area is 125 Å².